The Kier molecular flexibility index (Phi) is 3.38. The predicted molar refractivity (Wildman–Crippen MR) is 61.2 cm³/mol. The van der Waals surface area contributed by atoms with Gasteiger partial charge < -0.3 is 5.32 Å². The van der Waals surface area contributed by atoms with Crippen molar-refractivity contribution in [1.82, 2.24) is 10.2 Å². The van der Waals surface area contributed by atoms with E-state index < -0.39 is 21.8 Å². The van der Waals surface area contributed by atoms with Gasteiger partial charge in [0.25, 0.3) is 0 Å². The second kappa shape index (κ2) is 4.68. The Bertz CT molecular complexity index is 482. The van der Waals surface area contributed by atoms with Gasteiger partial charge in [-0.15, -0.1) is 0 Å². The number of carbonyl (C=O) groups is 3. The second-order valence-corrected chi connectivity index (χ2v) is 6.77. The lowest BCUT2D eigenvalue weighted by atomic mass is 10.2. The standard InChI is InChI=1S/C10H14N2O5S/c13-8(5-12-9(14)1-2-10(12)15)11-7-3-4-18(16,17)6-7/h7H,1-6H2,(H,11,13)/t7-/m1/s1. The van der Waals surface area contributed by atoms with E-state index in [9.17, 15) is 22.8 Å². The molecular formula is C10H14N2O5S. The van der Waals surface area contributed by atoms with Gasteiger partial charge in [0, 0.05) is 18.9 Å². The average Bonchev–Trinajstić information content (AvgIpc) is 2.75. The van der Waals surface area contributed by atoms with Crippen molar-refractivity contribution >= 4 is 27.6 Å². The SMILES string of the molecule is O=C(CN1C(=O)CCC1=O)N[C@@H]1CCS(=O)(=O)C1. The number of rotatable bonds is 3. The Morgan fingerprint density at radius 3 is 2.39 bits per heavy atom. The number of imide groups is 1. The van der Waals surface area contributed by atoms with Crippen LogP contribution in [-0.2, 0) is 24.2 Å². The van der Waals surface area contributed by atoms with Crippen LogP contribution in [0.2, 0.25) is 0 Å². The Hall–Kier alpha value is -1.44. The molecule has 0 bridgehead atoms. The Morgan fingerprint density at radius 2 is 1.89 bits per heavy atom. The molecular weight excluding hydrogens is 260 g/mol. The number of carbonyl (C=O) groups excluding carboxylic acids is 3. The van der Waals surface area contributed by atoms with Gasteiger partial charge in [0.15, 0.2) is 9.84 Å². The number of amides is 3. The lowest BCUT2D eigenvalue weighted by molar-refractivity contribution is -0.142. The third-order valence-corrected chi connectivity index (χ3v) is 4.82. The lowest BCUT2D eigenvalue weighted by Crippen LogP contribution is -2.44. The van der Waals surface area contributed by atoms with Crippen LogP contribution in [0.3, 0.4) is 0 Å². The molecule has 0 unspecified atom stereocenters. The van der Waals surface area contributed by atoms with Gasteiger partial charge in [0.2, 0.25) is 17.7 Å². The summed E-state index contributed by atoms with van der Waals surface area (Å²) in [6.45, 7) is -0.311. The van der Waals surface area contributed by atoms with Crippen LogP contribution in [0.25, 0.3) is 0 Å². The first-order chi connectivity index (χ1) is 8.37. The van der Waals surface area contributed by atoms with Gasteiger partial charge in [0.05, 0.1) is 11.5 Å². The number of likely N-dealkylation sites (tertiary alicyclic amines) is 1. The quantitative estimate of drug-likeness (QED) is 0.627. The minimum Gasteiger partial charge on any atom is -0.351 e. The highest BCUT2D eigenvalue weighted by Gasteiger charge is 2.33. The van der Waals surface area contributed by atoms with E-state index in [2.05, 4.69) is 5.32 Å². The minimum absolute atomic E-state index is 0.0688. The van der Waals surface area contributed by atoms with E-state index in [0.717, 1.165) is 4.90 Å². The summed E-state index contributed by atoms with van der Waals surface area (Å²) in [5, 5.41) is 2.54. The van der Waals surface area contributed by atoms with Crippen molar-refractivity contribution in [3.63, 3.8) is 0 Å². The Morgan fingerprint density at radius 1 is 1.28 bits per heavy atom. The summed E-state index contributed by atoms with van der Waals surface area (Å²) >= 11 is 0. The summed E-state index contributed by atoms with van der Waals surface area (Å²) in [7, 11) is -3.05. The number of nitrogens with one attached hydrogen (secondary N) is 1. The van der Waals surface area contributed by atoms with Crippen LogP contribution >= 0.6 is 0 Å². The monoisotopic (exact) mass is 274 g/mol. The zero-order valence-electron chi connectivity index (χ0n) is 9.72. The highest BCUT2D eigenvalue weighted by Crippen LogP contribution is 2.13. The zero-order chi connectivity index (χ0) is 13.3. The lowest BCUT2D eigenvalue weighted by Gasteiger charge is -2.15. The van der Waals surface area contributed by atoms with E-state index in [1.807, 2.05) is 0 Å². The normalized spacial score (nSPS) is 26.7. The molecule has 0 aromatic carbocycles. The van der Waals surface area contributed by atoms with Gasteiger partial charge in [-0.25, -0.2) is 8.42 Å². The van der Waals surface area contributed by atoms with E-state index in [4.69, 9.17) is 0 Å². The molecule has 0 aromatic heterocycles. The molecule has 18 heavy (non-hydrogen) atoms. The highest BCUT2D eigenvalue weighted by atomic mass is 32.2. The smallest absolute Gasteiger partial charge is 0.240 e. The molecule has 2 aliphatic heterocycles. The Balaban J connectivity index is 1.86. The molecule has 1 N–H and O–H groups in total. The number of hydrogen-bond donors (Lipinski definition) is 1. The molecule has 0 aliphatic carbocycles. The summed E-state index contributed by atoms with van der Waals surface area (Å²) in [6.07, 6.45) is 0.670. The summed E-state index contributed by atoms with van der Waals surface area (Å²) in [5.41, 5.74) is 0. The molecule has 2 aliphatic rings. The maximum absolute atomic E-state index is 11.6. The summed E-state index contributed by atoms with van der Waals surface area (Å²) < 4.78 is 22.4. The van der Waals surface area contributed by atoms with Gasteiger partial charge in [-0.1, -0.05) is 0 Å². The van der Waals surface area contributed by atoms with Crippen molar-refractivity contribution in [2.45, 2.75) is 25.3 Å². The molecule has 2 saturated heterocycles. The first kappa shape index (κ1) is 13.0. The van der Waals surface area contributed by atoms with Gasteiger partial charge in [0.1, 0.15) is 6.54 Å². The van der Waals surface area contributed by atoms with Crippen LogP contribution in [0.15, 0.2) is 0 Å². The van der Waals surface area contributed by atoms with E-state index in [1.165, 1.54) is 0 Å². The van der Waals surface area contributed by atoms with Crippen LogP contribution in [0.4, 0.5) is 0 Å². The van der Waals surface area contributed by atoms with Gasteiger partial charge >= 0.3 is 0 Å². The zero-order valence-corrected chi connectivity index (χ0v) is 10.5. The van der Waals surface area contributed by atoms with Crippen LogP contribution in [0.1, 0.15) is 19.3 Å². The first-order valence-electron chi connectivity index (χ1n) is 5.70. The van der Waals surface area contributed by atoms with Crippen LogP contribution < -0.4 is 5.32 Å². The number of nitrogens with zero attached hydrogens (tertiary/aromatic N) is 1. The largest absolute Gasteiger partial charge is 0.351 e. The molecule has 2 fully saturated rings. The second-order valence-electron chi connectivity index (χ2n) is 4.54. The topological polar surface area (TPSA) is 101 Å². The third-order valence-electron chi connectivity index (χ3n) is 3.05. The van der Waals surface area contributed by atoms with Crippen molar-refractivity contribution in [3.8, 4) is 0 Å². The summed E-state index contributed by atoms with van der Waals surface area (Å²) in [5.74, 6) is -1.19. The maximum Gasteiger partial charge on any atom is 0.240 e. The van der Waals surface area contributed by atoms with Crippen molar-refractivity contribution in [3.05, 3.63) is 0 Å². The fourth-order valence-corrected chi connectivity index (χ4v) is 3.80. The predicted octanol–water partition coefficient (Wildman–Crippen LogP) is -1.56. The van der Waals surface area contributed by atoms with Gasteiger partial charge in [-0.2, -0.15) is 0 Å². The molecule has 100 valence electrons. The number of sulfone groups is 1. The van der Waals surface area contributed by atoms with Gasteiger partial charge in [-0.3, -0.25) is 19.3 Å². The molecule has 1 atom stereocenters. The third kappa shape index (κ3) is 2.87. The summed E-state index contributed by atoms with van der Waals surface area (Å²) in [6, 6.07) is -0.407. The maximum atomic E-state index is 11.6. The average molecular weight is 274 g/mol. The molecule has 2 rings (SSSR count). The van der Waals surface area contributed by atoms with Crippen molar-refractivity contribution in [1.29, 1.82) is 0 Å². The molecule has 0 aromatic rings. The first-order valence-corrected chi connectivity index (χ1v) is 7.52. The van der Waals surface area contributed by atoms with E-state index in [0.29, 0.717) is 6.42 Å². The van der Waals surface area contributed by atoms with E-state index >= 15 is 0 Å². The fraction of sp³-hybridized carbons (Fsp3) is 0.700. The molecule has 2 heterocycles. The molecule has 7 nitrogen and oxygen atoms in total. The van der Waals surface area contributed by atoms with Crippen molar-refractivity contribution < 1.29 is 22.8 Å². The van der Waals surface area contributed by atoms with Crippen LogP contribution in [0.5, 0.6) is 0 Å². The minimum atomic E-state index is -3.05. The van der Waals surface area contributed by atoms with Crippen LogP contribution in [-0.4, -0.2) is 55.1 Å². The highest BCUT2D eigenvalue weighted by molar-refractivity contribution is 7.91. The molecule has 0 saturated carbocycles. The number of hydrogen-bond acceptors (Lipinski definition) is 5. The summed E-state index contributed by atoms with van der Waals surface area (Å²) in [4.78, 5) is 35.1. The van der Waals surface area contributed by atoms with E-state index in [-0.39, 0.29) is 42.7 Å². The molecule has 0 radical (unpaired) electrons. The molecule has 3 amide bonds. The van der Waals surface area contributed by atoms with Gasteiger partial charge in [-0.05, 0) is 6.42 Å². The van der Waals surface area contributed by atoms with E-state index in [1.54, 1.807) is 0 Å². The molecule has 0 spiro atoms. The van der Waals surface area contributed by atoms with Crippen molar-refractivity contribution in [2.75, 3.05) is 18.1 Å². The van der Waals surface area contributed by atoms with Crippen LogP contribution in [0, 0.1) is 0 Å². The fourth-order valence-electron chi connectivity index (χ4n) is 2.12. The molecule has 8 heteroatoms. The Labute approximate surface area is 104 Å². The van der Waals surface area contributed by atoms with Crippen molar-refractivity contribution in [2.24, 2.45) is 0 Å².